The highest BCUT2D eigenvalue weighted by molar-refractivity contribution is 14.1. The van der Waals surface area contributed by atoms with Crippen LogP contribution < -0.4 is 10.1 Å². The highest BCUT2D eigenvalue weighted by Crippen LogP contribution is 2.28. The Morgan fingerprint density at radius 2 is 1.88 bits per heavy atom. The number of amides is 1. The van der Waals surface area contributed by atoms with Crippen LogP contribution in [0.1, 0.15) is 42.5 Å². The number of hydrogen-bond donors (Lipinski definition) is 1. The van der Waals surface area contributed by atoms with Gasteiger partial charge in [0.15, 0.2) is 0 Å². The SMILES string of the molecule is CCC(=O)Nc1cccc(I)c1COc1cc(C)c(C)cc1CC. The third-order valence-corrected chi connectivity index (χ3v) is 5.15. The molecule has 2 rings (SSSR count). The van der Waals surface area contributed by atoms with Crippen LogP contribution in [-0.4, -0.2) is 5.91 Å². The van der Waals surface area contributed by atoms with Crippen molar-refractivity contribution in [3.05, 3.63) is 56.2 Å². The number of halogens is 1. The molecule has 24 heavy (non-hydrogen) atoms. The molecule has 0 radical (unpaired) electrons. The molecule has 2 aromatic rings. The van der Waals surface area contributed by atoms with Gasteiger partial charge in [0.05, 0.1) is 0 Å². The van der Waals surface area contributed by atoms with Gasteiger partial charge in [-0.3, -0.25) is 4.79 Å². The van der Waals surface area contributed by atoms with Crippen molar-refractivity contribution < 1.29 is 9.53 Å². The Hall–Kier alpha value is -1.56. The van der Waals surface area contributed by atoms with E-state index in [2.05, 4.69) is 60.8 Å². The first-order valence-corrected chi connectivity index (χ1v) is 9.34. The molecule has 0 saturated heterocycles. The minimum absolute atomic E-state index is 0.0127. The molecule has 128 valence electrons. The summed E-state index contributed by atoms with van der Waals surface area (Å²) < 4.78 is 7.22. The van der Waals surface area contributed by atoms with Crippen molar-refractivity contribution in [3.8, 4) is 5.75 Å². The summed E-state index contributed by atoms with van der Waals surface area (Å²) in [6.45, 7) is 8.64. The van der Waals surface area contributed by atoms with E-state index in [0.717, 1.165) is 27.0 Å². The summed E-state index contributed by atoms with van der Waals surface area (Å²) in [4.78, 5) is 11.7. The predicted molar refractivity (Wildman–Crippen MR) is 108 cm³/mol. The van der Waals surface area contributed by atoms with Crippen LogP contribution in [0.2, 0.25) is 0 Å². The number of anilines is 1. The van der Waals surface area contributed by atoms with Gasteiger partial charge in [-0.05, 0) is 77.7 Å². The van der Waals surface area contributed by atoms with E-state index in [4.69, 9.17) is 4.74 Å². The summed E-state index contributed by atoms with van der Waals surface area (Å²) >= 11 is 2.29. The normalized spacial score (nSPS) is 10.5. The molecule has 2 aromatic carbocycles. The minimum atomic E-state index is 0.0127. The number of ether oxygens (including phenoxy) is 1. The Labute approximate surface area is 157 Å². The lowest BCUT2D eigenvalue weighted by molar-refractivity contribution is -0.115. The quantitative estimate of drug-likeness (QED) is 0.615. The van der Waals surface area contributed by atoms with Crippen molar-refractivity contribution in [2.24, 2.45) is 0 Å². The molecule has 0 saturated carbocycles. The van der Waals surface area contributed by atoms with Crippen LogP contribution in [0, 0.1) is 17.4 Å². The van der Waals surface area contributed by atoms with E-state index in [1.807, 2.05) is 25.1 Å². The summed E-state index contributed by atoms with van der Waals surface area (Å²) in [6, 6.07) is 10.2. The summed E-state index contributed by atoms with van der Waals surface area (Å²) in [6.07, 6.45) is 1.39. The van der Waals surface area contributed by atoms with E-state index < -0.39 is 0 Å². The smallest absolute Gasteiger partial charge is 0.224 e. The van der Waals surface area contributed by atoms with Crippen molar-refractivity contribution in [1.82, 2.24) is 0 Å². The Kier molecular flexibility index (Phi) is 6.66. The number of rotatable bonds is 6. The first kappa shape index (κ1) is 18.8. The minimum Gasteiger partial charge on any atom is -0.488 e. The standard InChI is InChI=1S/C20H24INO2/c1-5-15-10-13(3)14(4)11-19(15)24-12-16-17(21)8-7-9-18(16)22-20(23)6-2/h7-11H,5-6,12H2,1-4H3,(H,22,23). The Morgan fingerprint density at radius 3 is 2.54 bits per heavy atom. The Balaban J connectivity index is 2.26. The van der Waals surface area contributed by atoms with Gasteiger partial charge in [0.1, 0.15) is 12.4 Å². The highest BCUT2D eigenvalue weighted by atomic mass is 127. The number of carbonyl (C=O) groups is 1. The molecule has 1 N–H and O–H groups in total. The van der Waals surface area contributed by atoms with Crippen LogP contribution in [0.4, 0.5) is 5.69 Å². The lowest BCUT2D eigenvalue weighted by Gasteiger charge is -2.16. The molecule has 0 heterocycles. The molecule has 0 aliphatic heterocycles. The van der Waals surface area contributed by atoms with Crippen LogP contribution >= 0.6 is 22.6 Å². The molecule has 0 unspecified atom stereocenters. The third-order valence-electron chi connectivity index (χ3n) is 4.14. The zero-order valence-electron chi connectivity index (χ0n) is 14.7. The molecular formula is C20H24INO2. The summed E-state index contributed by atoms with van der Waals surface area (Å²) in [5.41, 5.74) is 5.56. The number of benzene rings is 2. The average molecular weight is 437 g/mol. The van der Waals surface area contributed by atoms with Crippen LogP contribution in [0.15, 0.2) is 30.3 Å². The van der Waals surface area contributed by atoms with Crippen molar-refractivity contribution in [1.29, 1.82) is 0 Å². The van der Waals surface area contributed by atoms with Crippen LogP contribution in [0.5, 0.6) is 5.75 Å². The van der Waals surface area contributed by atoms with Crippen molar-refractivity contribution >= 4 is 34.2 Å². The zero-order valence-corrected chi connectivity index (χ0v) is 16.9. The molecule has 0 aliphatic rings. The number of hydrogen-bond acceptors (Lipinski definition) is 2. The van der Waals surface area contributed by atoms with Gasteiger partial charge in [-0.25, -0.2) is 0 Å². The number of aryl methyl sites for hydroxylation is 3. The maximum absolute atomic E-state index is 11.7. The molecular weight excluding hydrogens is 413 g/mol. The number of carbonyl (C=O) groups excluding carboxylic acids is 1. The molecule has 3 nitrogen and oxygen atoms in total. The van der Waals surface area contributed by atoms with Gasteiger partial charge in [-0.1, -0.05) is 26.0 Å². The third kappa shape index (κ3) is 4.50. The van der Waals surface area contributed by atoms with Gasteiger partial charge in [0.25, 0.3) is 0 Å². The van der Waals surface area contributed by atoms with E-state index in [-0.39, 0.29) is 5.91 Å². The Morgan fingerprint density at radius 1 is 1.17 bits per heavy atom. The van der Waals surface area contributed by atoms with E-state index >= 15 is 0 Å². The fourth-order valence-electron chi connectivity index (χ4n) is 2.47. The molecule has 0 spiro atoms. The largest absolute Gasteiger partial charge is 0.488 e. The summed E-state index contributed by atoms with van der Waals surface area (Å²) in [7, 11) is 0. The van der Waals surface area contributed by atoms with E-state index in [1.54, 1.807) is 0 Å². The van der Waals surface area contributed by atoms with E-state index in [1.165, 1.54) is 16.7 Å². The molecule has 0 bridgehead atoms. The molecule has 0 aromatic heterocycles. The molecule has 4 heteroatoms. The van der Waals surface area contributed by atoms with Gasteiger partial charge in [-0.15, -0.1) is 0 Å². The van der Waals surface area contributed by atoms with Gasteiger partial charge in [0, 0.05) is 21.2 Å². The predicted octanol–water partition coefficient (Wildman–Crippen LogP) is 5.40. The van der Waals surface area contributed by atoms with E-state index in [9.17, 15) is 4.79 Å². The van der Waals surface area contributed by atoms with Crippen LogP contribution in [0.25, 0.3) is 0 Å². The zero-order chi connectivity index (χ0) is 17.7. The lowest BCUT2D eigenvalue weighted by atomic mass is 10.0. The van der Waals surface area contributed by atoms with Crippen molar-refractivity contribution in [2.75, 3.05) is 5.32 Å². The van der Waals surface area contributed by atoms with Crippen molar-refractivity contribution in [2.45, 2.75) is 47.1 Å². The van der Waals surface area contributed by atoms with Crippen LogP contribution in [-0.2, 0) is 17.8 Å². The van der Waals surface area contributed by atoms with Gasteiger partial charge >= 0.3 is 0 Å². The average Bonchev–Trinajstić information content (AvgIpc) is 2.56. The van der Waals surface area contributed by atoms with E-state index in [0.29, 0.717) is 13.0 Å². The van der Waals surface area contributed by atoms with Crippen LogP contribution in [0.3, 0.4) is 0 Å². The summed E-state index contributed by atoms with van der Waals surface area (Å²) in [5, 5.41) is 2.96. The molecule has 1 amide bonds. The maximum Gasteiger partial charge on any atom is 0.224 e. The van der Waals surface area contributed by atoms with Gasteiger partial charge < -0.3 is 10.1 Å². The second-order valence-corrected chi connectivity index (χ2v) is 7.02. The monoisotopic (exact) mass is 437 g/mol. The lowest BCUT2D eigenvalue weighted by Crippen LogP contribution is -2.13. The first-order chi connectivity index (χ1) is 11.5. The fourth-order valence-corrected chi connectivity index (χ4v) is 3.12. The maximum atomic E-state index is 11.7. The van der Waals surface area contributed by atoms with Gasteiger partial charge in [0.2, 0.25) is 5.91 Å². The second kappa shape index (κ2) is 8.51. The summed E-state index contributed by atoms with van der Waals surface area (Å²) in [5.74, 6) is 0.937. The topological polar surface area (TPSA) is 38.3 Å². The molecule has 0 fully saturated rings. The van der Waals surface area contributed by atoms with Gasteiger partial charge in [-0.2, -0.15) is 0 Å². The highest BCUT2D eigenvalue weighted by Gasteiger charge is 2.12. The van der Waals surface area contributed by atoms with Crippen molar-refractivity contribution in [3.63, 3.8) is 0 Å². The fraction of sp³-hybridized carbons (Fsp3) is 0.350. The first-order valence-electron chi connectivity index (χ1n) is 8.26. The molecule has 0 atom stereocenters. The molecule has 0 aliphatic carbocycles. The number of nitrogens with one attached hydrogen (secondary N) is 1. The Bertz CT molecular complexity index is 741. The second-order valence-electron chi connectivity index (χ2n) is 5.85.